The molecule has 1 aromatic heterocycles. The minimum absolute atomic E-state index is 0.989. The number of nitrogens with zero attached hydrogens (tertiary/aromatic N) is 1. The maximum atomic E-state index is 2.45. The van der Waals surface area contributed by atoms with Crippen LogP contribution >= 0.6 is 0 Å². The van der Waals surface area contributed by atoms with Crippen molar-refractivity contribution in [3.05, 3.63) is 175 Å². The zero-order chi connectivity index (χ0) is 31.3. The normalized spacial score (nSPS) is 11.6. The van der Waals surface area contributed by atoms with Gasteiger partial charge in [-0.15, -0.1) is 0 Å². The number of benzene rings is 8. The van der Waals surface area contributed by atoms with E-state index in [9.17, 15) is 0 Å². The summed E-state index contributed by atoms with van der Waals surface area (Å²) in [4.78, 5) is 0. The van der Waals surface area contributed by atoms with Crippen molar-refractivity contribution < 1.29 is 0 Å². The fourth-order valence-electron chi connectivity index (χ4n) is 7.64. The molecule has 9 rings (SSSR count). The number of hydrogen-bond donors (Lipinski definition) is 0. The Hall–Kier alpha value is -5.92. The average Bonchev–Trinajstić information content (AvgIpc) is 3.49. The summed E-state index contributed by atoms with van der Waals surface area (Å²) in [6, 6.07) is 62.2. The van der Waals surface area contributed by atoms with Gasteiger partial charge < -0.3 is 4.57 Å². The van der Waals surface area contributed by atoms with Crippen LogP contribution in [0.3, 0.4) is 0 Å². The van der Waals surface area contributed by atoms with Crippen LogP contribution in [0.1, 0.15) is 12.5 Å². The van der Waals surface area contributed by atoms with E-state index in [1.54, 1.807) is 0 Å². The Bertz CT molecular complexity index is 2570. The molecule has 0 N–H and O–H groups in total. The molecule has 0 spiro atoms. The summed E-state index contributed by atoms with van der Waals surface area (Å²) in [7, 11) is 0. The molecule has 1 nitrogen and oxygen atoms in total. The third kappa shape index (κ3) is 4.39. The first-order valence-corrected chi connectivity index (χ1v) is 16.5. The van der Waals surface area contributed by atoms with Gasteiger partial charge in [0.15, 0.2) is 0 Å². The Morgan fingerprint density at radius 3 is 1.62 bits per heavy atom. The number of hydrogen-bond acceptors (Lipinski definition) is 0. The zero-order valence-electron chi connectivity index (χ0n) is 26.3. The van der Waals surface area contributed by atoms with Gasteiger partial charge in [-0.25, -0.2) is 0 Å². The Balaban J connectivity index is 1.31. The lowest BCUT2D eigenvalue weighted by Gasteiger charge is -2.19. The van der Waals surface area contributed by atoms with Gasteiger partial charge in [-0.1, -0.05) is 153 Å². The molecule has 0 saturated heterocycles. The lowest BCUT2D eigenvalue weighted by molar-refractivity contribution is 1.11. The molecule has 0 aliphatic carbocycles. The highest BCUT2D eigenvalue weighted by Gasteiger charge is 2.19. The van der Waals surface area contributed by atoms with Crippen LogP contribution < -0.4 is 0 Å². The van der Waals surface area contributed by atoms with Gasteiger partial charge in [0.25, 0.3) is 0 Å². The quantitative estimate of drug-likeness (QED) is 0.173. The van der Waals surface area contributed by atoms with Gasteiger partial charge in [0.05, 0.1) is 11.0 Å². The molecule has 0 bridgehead atoms. The number of rotatable bonds is 5. The molecule has 222 valence electrons. The highest BCUT2D eigenvalue weighted by Crippen LogP contribution is 2.45. The molecular formula is C46H33N. The number of aryl methyl sites for hydroxylation is 1. The minimum atomic E-state index is 0.989. The Labute approximate surface area is 275 Å². The predicted octanol–water partition coefficient (Wildman–Crippen LogP) is 12.7. The molecule has 1 heterocycles. The van der Waals surface area contributed by atoms with Crippen LogP contribution in [0.2, 0.25) is 0 Å². The second kappa shape index (κ2) is 11.2. The van der Waals surface area contributed by atoms with Crippen molar-refractivity contribution in [2.75, 3.05) is 0 Å². The van der Waals surface area contributed by atoms with Crippen LogP contribution in [0.25, 0.3) is 82.4 Å². The maximum absolute atomic E-state index is 2.45. The van der Waals surface area contributed by atoms with Crippen molar-refractivity contribution in [3.8, 4) is 39.1 Å². The zero-order valence-corrected chi connectivity index (χ0v) is 26.3. The van der Waals surface area contributed by atoms with E-state index in [0.717, 1.165) is 6.42 Å². The molecule has 0 radical (unpaired) electrons. The summed E-state index contributed by atoms with van der Waals surface area (Å²) < 4.78 is 2.45. The molecule has 0 atom stereocenters. The molecule has 0 aliphatic rings. The molecule has 9 aromatic rings. The van der Waals surface area contributed by atoms with Gasteiger partial charge in [-0.05, 0) is 91.2 Å². The van der Waals surface area contributed by atoms with E-state index in [2.05, 4.69) is 181 Å². The largest absolute Gasteiger partial charge is 0.309 e. The lowest BCUT2D eigenvalue weighted by Crippen LogP contribution is -1.97. The molecule has 0 aliphatic heterocycles. The van der Waals surface area contributed by atoms with Crippen LogP contribution in [0.15, 0.2) is 170 Å². The Kier molecular flexibility index (Phi) is 6.50. The fraction of sp³-hybridized carbons (Fsp3) is 0.0435. The molecule has 1 heteroatoms. The van der Waals surface area contributed by atoms with Crippen molar-refractivity contribution >= 4 is 43.4 Å². The molecule has 0 amide bonds. The van der Waals surface area contributed by atoms with Crippen molar-refractivity contribution in [3.63, 3.8) is 0 Å². The summed E-state index contributed by atoms with van der Waals surface area (Å²) in [5.41, 5.74) is 12.6. The van der Waals surface area contributed by atoms with E-state index in [1.807, 2.05) is 0 Å². The summed E-state index contributed by atoms with van der Waals surface area (Å²) in [6.07, 6.45) is 0.989. The SMILES string of the molecule is CCc1cccc2c3ccccc3n(-c3ccc(-c4c5ccccc5c(-c5ccccc5)c5cc(-c6ccccc6)ccc45)cc3)c12. The van der Waals surface area contributed by atoms with E-state index in [4.69, 9.17) is 0 Å². The van der Waals surface area contributed by atoms with E-state index in [-0.39, 0.29) is 0 Å². The van der Waals surface area contributed by atoms with E-state index >= 15 is 0 Å². The molecular weight excluding hydrogens is 567 g/mol. The van der Waals surface area contributed by atoms with Gasteiger partial charge in [0, 0.05) is 16.5 Å². The van der Waals surface area contributed by atoms with Gasteiger partial charge in [-0.3, -0.25) is 0 Å². The minimum Gasteiger partial charge on any atom is -0.309 e. The van der Waals surface area contributed by atoms with Gasteiger partial charge in [-0.2, -0.15) is 0 Å². The Morgan fingerprint density at radius 2 is 0.915 bits per heavy atom. The fourth-order valence-corrected chi connectivity index (χ4v) is 7.64. The second-order valence-electron chi connectivity index (χ2n) is 12.4. The summed E-state index contributed by atoms with van der Waals surface area (Å²) >= 11 is 0. The summed E-state index contributed by atoms with van der Waals surface area (Å²) in [5.74, 6) is 0. The first-order chi connectivity index (χ1) is 23.3. The Morgan fingerprint density at radius 1 is 0.383 bits per heavy atom. The van der Waals surface area contributed by atoms with Crippen LogP contribution in [-0.2, 0) is 6.42 Å². The second-order valence-corrected chi connectivity index (χ2v) is 12.4. The van der Waals surface area contributed by atoms with E-state index < -0.39 is 0 Å². The van der Waals surface area contributed by atoms with E-state index in [1.165, 1.54) is 88.0 Å². The number of aromatic nitrogens is 1. The summed E-state index contributed by atoms with van der Waals surface area (Å²) in [5, 5.41) is 7.68. The van der Waals surface area contributed by atoms with Crippen molar-refractivity contribution in [2.24, 2.45) is 0 Å². The van der Waals surface area contributed by atoms with Crippen molar-refractivity contribution in [1.82, 2.24) is 4.57 Å². The van der Waals surface area contributed by atoms with Crippen LogP contribution in [0.5, 0.6) is 0 Å². The number of para-hydroxylation sites is 2. The number of fused-ring (bicyclic) bond motifs is 5. The topological polar surface area (TPSA) is 4.93 Å². The van der Waals surface area contributed by atoms with Gasteiger partial charge >= 0.3 is 0 Å². The third-order valence-corrected chi connectivity index (χ3v) is 9.77. The average molecular weight is 600 g/mol. The summed E-state index contributed by atoms with van der Waals surface area (Å²) in [6.45, 7) is 2.25. The standard InChI is InChI=1S/C46H33N/c1-2-31-18-13-22-41-37-19-11-12-23-43(37)47(46(31)41)36-27-24-34(25-28-36)44-38-20-9-10-21-39(38)45(33-16-7-4-8-17-33)42-30-35(26-29-40(42)44)32-14-5-3-6-15-32/h3-30H,2H2,1H3. The smallest absolute Gasteiger partial charge is 0.0572 e. The lowest BCUT2D eigenvalue weighted by atomic mass is 9.85. The first-order valence-electron chi connectivity index (χ1n) is 16.5. The maximum Gasteiger partial charge on any atom is 0.0572 e. The monoisotopic (exact) mass is 599 g/mol. The van der Waals surface area contributed by atoms with Gasteiger partial charge in [0.1, 0.15) is 0 Å². The van der Waals surface area contributed by atoms with Crippen LogP contribution in [0.4, 0.5) is 0 Å². The van der Waals surface area contributed by atoms with Crippen LogP contribution in [-0.4, -0.2) is 4.57 Å². The van der Waals surface area contributed by atoms with E-state index in [0.29, 0.717) is 0 Å². The van der Waals surface area contributed by atoms with Crippen molar-refractivity contribution in [2.45, 2.75) is 13.3 Å². The van der Waals surface area contributed by atoms with Crippen LogP contribution in [0, 0.1) is 0 Å². The molecule has 0 unspecified atom stereocenters. The molecule has 8 aromatic carbocycles. The predicted molar refractivity (Wildman–Crippen MR) is 201 cm³/mol. The molecule has 0 fully saturated rings. The van der Waals surface area contributed by atoms with Crippen molar-refractivity contribution in [1.29, 1.82) is 0 Å². The third-order valence-electron chi connectivity index (χ3n) is 9.77. The van der Waals surface area contributed by atoms with Gasteiger partial charge in [0.2, 0.25) is 0 Å². The highest BCUT2D eigenvalue weighted by atomic mass is 15.0. The molecule has 47 heavy (non-hydrogen) atoms. The first kappa shape index (κ1) is 27.4. The highest BCUT2D eigenvalue weighted by molar-refractivity contribution is 6.22. The molecule has 0 saturated carbocycles.